The molecule has 0 bridgehead atoms. The van der Waals surface area contributed by atoms with Gasteiger partial charge in [0.25, 0.3) is 0 Å². The highest BCUT2D eigenvalue weighted by Gasteiger charge is 2.32. The van der Waals surface area contributed by atoms with Crippen LogP contribution >= 0.6 is 0 Å². The summed E-state index contributed by atoms with van der Waals surface area (Å²) in [6.07, 6.45) is 7.09. The van der Waals surface area contributed by atoms with Crippen LogP contribution in [-0.2, 0) is 4.74 Å². The fourth-order valence-corrected chi connectivity index (χ4v) is 3.07. The van der Waals surface area contributed by atoms with Gasteiger partial charge in [0.1, 0.15) is 0 Å². The number of hydrogen-bond acceptors (Lipinski definition) is 3. The lowest BCUT2D eigenvalue weighted by atomic mass is 9.78. The van der Waals surface area contributed by atoms with Crippen LogP contribution in [0.2, 0.25) is 0 Å². The van der Waals surface area contributed by atoms with Crippen LogP contribution in [0.3, 0.4) is 0 Å². The minimum atomic E-state index is 0.501. The van der Waals surface area contributed by atoms with E-state index < -0.39 is 0 Å². The van der Waals surface area contributed by atoms with Crippen LogP contribution in [0.25, 0.3) is 0 Å². The molecule has 1 aliphatic carbocycles. The van der Waals surface area contributed by atoms with Gasteiger partial charge in [-0.2, -0.15) is 0 Å². The molecule has 2 rings (SSSR count). The average molecular weight is 226 g/mol. The molecule has 1 saturated carbocycles. The van der Waals surface area contributed by atoms with Crippen LogP contribution in [0.1, 0.15) is 39.0 Å². The van der Waals surface area contributed by atoms with Crippen LogP contribution < -0.4 is 5.73 Å². The zero-order valence-corrected chi connectivity index (χ0v) is 10.5. The fraction of sp³-hybridized carbons (Fsp3) is 1.00. The van der Waals surface area contributed by atoms with Crippen molar-refractivity contribution in [1.82, 2.24) is 4.90 Å². The summed E-state index contributed by atoms with van der Waals surface area (Å²) in [4.78, 5) is 2.61. The maximum absolute atomic E-state index is 5.93. The quantitative estimate of drug-likeness (QED) is 0.774. The maximum atomic E-state index is 5.93. The SMILES string of the molecule is CCOC1CCN(C(CN)C2CCC2)CC1. The van der Waals surface area contributed by atoms with Crippen molar-refractivity contribution >= 4 is 0 Å². The molecule has 1 saturated heterocycles. The van der Waals surface area contributed by atoms with Crippen molar-refractivity contribution in [1.29, 1.82) is 0 Å². The van der Waals surface area contributed by atoms with Gasteiger partial charge in [-0.15, -0.1) is 0 Å². The molecule has 0 aromatic carbocycles. The van der Waals surface area contributed by atoms with Gasteiger partial charge in [0, 0.05) is 32.3 Å². The molecular weight excluding hydrogens is 200 g/mol. The van der Waals surface area contributed by atoms with Gasteiger partial charge >= 0.3 is 0 Å². The molecule has 1 aliphatic heterocycles. The topological polar surface area (TPSA) is 38.5 Å². The van der Waals surface area contributed by atoms with Crippen LogP contribution in [0.15, 0.2) is 0 Å². The monoisotopic (exact) mass is 226 g/mol. The second-order valence-corrected chi connectivity index (χ2v) is 5.18. The molecule has 2 aliphatic rings. The molecule has 94 valence electrons. The molecule has 1 unspecified atom stereocenters. The van der Waals surface area contributed by atoms with Gasteiger partial charge in [0.15, 0.2) is 0 Å². The molecule has 2 N–H and O–H groups in total. The van der Waals surface area contributed by atoms with Gasteiger partial charge in [-0.05, 0) is 38.5 Å². The van der Waals surface area contributed by atoms with E-state index in [0.717, 1.165) is 19.1 Å². The lowest BCUT2D eigenvalue weighted by molar-refractivity contribution is -0.00897. The van der Waals surface area contributed by atoms with Crippen molar-refractivity contribution in [3.8, 4) is 0 Å². The second kappa shape index (κ2) is 5.99. The van der Waals surface area contributed by atoms with E-state index >= 15 is 0 Å². The summed E-state index contributed by atoms with van der Waals surface area (Å²) in [5.74, 6) is 0.883. The molecule has 0 amide bonds. The standard InChI is InChI=1S/C13H26N2O/c1-2-16-12-6-8-15(9-7-12)13(10-14)11-4-3-5-11/h11-13H,2-10,14H2,1H3. The number of piperidine rings is 1. The Kier molecular flexibility index (Phi) is 4.62. The van der Waals surface area contributed by atoms with Gasteiger partial charge in [-0.3, -0.25) is 4.90 Å². The van der Waals surface area contributed by atoms with E-state index in [1.54, 1.807) is 0 Å². The molecule has 0 aromatic heterocycles. The third-order valence-electron chi connectivity index (χ3n) is 4.28. The summed E-state index contributed by atoms with van der Waals surface area (Å²) in [5.41, 5.74) is 5.93. The van der Waals surface area contributed by atoms with Gasteiger partial charge < -0.3 is 10.5 Å². The number of hydrogen-bond donors (Lipinski definition) is 1. The molecular formula is C13H26N2O. The predicted octanol–water partition coefficient (Wildman–Crippen LogP) is 1.61. The van der Waals surface area contributed by atoms with Crippen molar-refractivity contribution in [2.75, 3.05) is 26.2 Å². The molecule has 16 heavy (non-hydrogen) atoms. The number of rotatable bonds is 5. The van der Waals surface area contributed by atoms with Crippen LogP contribution in [0.5, 0.6) is 0 Å². The Morgan fingerprint density at radius 1 is 1.25 bits per heavy atom. The van der Waals surface area contributed by atoms with E-state index in [-0.39, 0.29) is 0 Å². The number of nitrogens with two attached hydrogens (primary N) is 1. The smallest absolute Gasteiger partial charge is 0.0599 e. The highest BCUT2D eigenvalue weighted by atomic mass is 16.5. The first kappa shape index (κ1) is 12.3. The molecule has 1 atom stereocenters. The summed E-state index contributed by atoms with van der Waals surface area (Å²) in [5, 5.41) is 0. The van der Waals surface area contributed by atoms with Gasteiger partial charge in [0.2, 0.25) is 0 Å². The average Bonchev–Trinajstić information content (AvgIpc) is 2.25. The lowest BCUT2D eigenvalue weighted by Crippen LogP contribution is -2.51. The summed E-state index contributed by atoms with van der Waals surface area (Å²) in [6, 6.07) is 0.649. The van der Waals surface area contributed by atoms with E-state index in [1.807, 2.05) is 0 Å². The van der Waals surface area contributed by atoms with Gasteiger partial charge in [-0.25, -0.2) is 0 Å². The Morgan fingerprint density at radius 2 is 1.94 bits per heavy atom. The minimum absolute atomic E-state index is 0.501. The summed E-state index contributed by atoms with van der Waals surface area (Å²) in [7, 11) is 0. The van der Waals surface area contributed by atoms with Crippen molar-refractivity contribution in [2.24, 2.45) is 11.7 Å². The Balaban J connectivity index is 1.77. The zero-order valence-electron chi connectivity index (χ0n) is 10.5. The molecule has 0 radical (unpaired) electrons. The van der Waals surface area contributed by atoms with Crippen molar-refractivity contribution < 1.29 is 4.74 Å². The summed E-state index contributed by atoms with van der Waals surface area (Å²) in [6.45, 7) is 6.15. The normalized spacial score (nSPS) is 26.6. The molecule has 0 spiro atoms. The molecule has 1 heterocycles. The van der Waals surface area contributed by atoms with Crippen molar-refractivity contribution in [3.05, 3.63) is 0 Å². The fourth-order valence-electron chi connectivity index (χ4n) is 3.07. The molecule has 0 aromatic rings. The van der Waals surface area contributed by atoms with E-state index in [9.17, 15) is 0 Å². The lowest BCUT2D eigenvalue weighted by Gasteiger charge is -2.43. The Hall–Kier alpha value is -0.120. The Morgan fingerprint density at radius 3 is 2.38 bits per heavy atom. The molecule has 3 nitrogen and oxygen atoms in total. The highest BCUT2D eigenvalue weighted by Crippen LogP contribution is 2.33. The largest absolute Gasteiger partial charge is 0.378 e. The van der Waals surface area contributed by atoms with Gasteiger partial charge in [-0.1, -0.05) is 6.42 Å². The predicted molar refractivity (Wildman–Crippen MR) is 66.4 cm³/mol. The molecule has 3 heteroatoms. The third-order valence-corrected chi connectivity index (χ3v) is 4.28. The van der Waals surface area contributed by atoms with E-state index in [4.69, 9.17) is 10.5 Å². The number of nitrogens with zero attached hydrogens (tertiary/aromatic N) is 1. The first-order valence-electron chi connectivity index (χ1n) is 6.90. The maximum Gasteiger partial charge on any atom is 0.0599 e. The first-order valence-corrected chi connectivity index (χ1v) is 6.90. The van der Waals surface area contributed by atoms with Crippen molar-refractivity contribution in [2.45, 2.75) is 51.2 Å². The van der Waals surface area contributed by atoms with Crippen LogP contribution in [-0.4, -0.2) is 43.3 Å². The summed E-state index contributed by atoms with van der Waals surface area (Å²) >= 11 is 0. The first-order chi connectivity index (χ1) is 7.85. The summed E-state index contributed by atoms with van der Waals surface area (Å²) < 4.78 is 5.69. The zero-order chi connectivity index (χ0) is 11.4. The van der Waals surface area contributed by atoms with Gasteiger partial charge in [0.05, 0.1) is 6.10 Å². The van der Waals surface area contributed by atoms with E-state index in [1.165, 1.54) is 45.2 Å². The van der Waals surface area contributed by atoms with E-state index in [0.29, 0.717) is 12.1 Å². The van der Waals surface area contributed by atoms with Crippen LogP contribution in [0.4, 0.5) is 0 Å². The number of likely N-dealkylation sites (tertiary alicyclic amines) is 1. The number of ether oxygens (including phenoxy) is 1. The van der Waals surface area contributed by atoms with E-state index in [2.05, 4.69) is 11.8 Å². The minimum Gasteiger partial charge on any atom is -0.378 e. The second-order valence-electron chi connectivity index (χ2n) is 5.18. The Bertz CT molecular complexity index is 198. The Labute approximate surface area is 99.3 Å². The van der Waals surface area contributed by atoms with Crippen LogP contribution in [0, 0.1) is 5.92 Å². The molecule has 2 fully saturated rings. The highest BCUT2D eigenvalue weighted by molar-refractivity contribution is 4.88. The third kappa shape index (κ3) is 2.76. The van der Waals surface area contributed by atoms with Crippen molar-refractivity contribution in [3.63, 3.8) is 0 Å².